The molecule has 0 fully saturated rings. The zero-order chi connectivity index (χ0) is 18.5. The van der Waals surface area contributed by atoms with E-state index in [0.717, 1.165) is 5.69 Å². The van der Waals surface area contributed by atoms with Gasteiger partial charge in [0.15, 0.2) is 0 Å². The Morgan fingerprint density at radius 3 is 2.42 bits per heavy atom. The summed E-state index contributed by atoms with van der Waals surface area (Å²) >= 11 is 0. The predicted molar refractivity (Wildman–Crippen MR) is 95.4 cm³/mol. The molecule has 2 aromatic carbocycles. The molecular weight excluding hydrogens is 335 g/mol. The zero-order valence-electron chi connectivity index (χ0n) is 14.1. The third kappa shape index (κ3) is 3.77. The minimum atomic E-state index is -0.435. The summed E-state index contributed by atoms with van der Waals surface area (Å²) in [5.41, 5.74) is 2.08. The van der Waals surface area contributed by atoms with Crippen LogP contribution in [0.25, 0.3) is 16.9 Å². The molecule has 26 heavy (non-hydrogen) atoms. The highest BCUT2D eigenvalue weighted by Crippen LogP contribution is 2.24. The van der Waals surface area contributed by atoms with Gasteiger partial charge in [0.1, 0.15) is 11.5 Å². The van der Waals surface area contributed by atoms with Crippen molar-refractivity contribution < 1.29 is 14.0 Å². The maximum absolute atomic E-state index is 13.2. The van der Waals surface area contributed by atoms with Crippen molar-refractivity contribution in [1.29, 1.82) is 0 Å². The van der Waals surface area contributed by atoms with Gasteiger partial charge in [-0.05, 0) is 36.4 Å². The Bertz CT molecular complexity index is 920. The summed E-state index contributed by atoms with van der Waals surface area (Å²) in [6.45, 7) is -0.144. The van der Waals surface area contributed by atoms with Gasteiger partial charge in [-0.3, -0.25) is 9.59 Å². The molecule has 0 radical (unpaired) electrons. The summed E-state index contributed by atoms with van der Waals surface area (Å²) in [5.74, 6) is -1.12. The van der Waals surface area contributed by atoms with E-state index in [2.05, 4.69) is 15.7 Å². The number of likely N-dealkylation sites (N-methyl/N-ethyl adjacent to an activating group) is 1. The molecule has 6 nitrogen and oxygen atoms in total. The molecule has 0 aliphatic carbocycles. The van der Waals surface area contributed by atoms with Crippen LogP contribution in [0.3, 0.4) is 0 Å². The lowest BCUT2D eigenvalue weighted by molar-refractivity contribution is -0.119. The Kier molecular flexibility index (Phi) is 5.07. The van der Waals surface area contributed by atoms with Gasteiger partial charge in [-0.1, -0.05) is 18.2 Å². The van der Waals surface area contributed by atoms with Gasteiger partial charge >= 0.3 is 0 Å². The van der Waals surface area contributed by atoms with Crippen molar-refractivity contribution in [3.63, 3.8) is 0 Å². The maximum Gasteiger partial charge on any atom is 0.255 e. The molecule has 1 aromatic heterocycles. The number of carbonyl (C=O) groups is 2. The van der Waals surface area contributed by atoms with Gasteiger partial charge in [-0.15, -0.1) is 0 Å². The Morgan fingerprint density at radius 2 is 1.77 bits per heavy atom. The molecule has 3 aromatic rings. The average Bonchev–Trinajstić information content (AvgIpc) is 3.12. The molecule has 132 valence electrons. The molecule has 0 atom stereocenters. The van der Waals surface area contributed by atoms with Crippen LogP contribution in [-0.4, -0.2) is 35.2 Å². The Morgan fingerprint density at radius 1 is 1.08 bits per heavy atom. The van der Waals surface area contributed by atoms with E-state index >= 15 is 0 Å². The van der Waals surface area contributed by atoms with E-state index in [4.69, 9.17) is 0 Å². The monoisotopic (exact) mass is 352 g/mol. The molecule has 3 rings (SSSR count). The van der Waals surface area contributed by atoms with Crippen LogP contribution in [0.4, 0.5) is 4.39 Å². The Hall–Kier alpha value is -3.48. The van der Waals surface area contributed by atoms with Crippen molar-refractivity contribution in [2.45, 2.75) is 0 Å². The van der Waals surface area contributed by atoms with E-state index in [-0.39, 0.29) is 18.3 Å². The van der Waals surface area contributed by atoms with Crippen LogP contribution in [0.1, 0.15) is 10.4 Å². The van der Waals surface area contributed by atoms with Gasteiger partial charge in [-0.25, -0.2) is 9.07 Å². The van der Waals surface area contributed by atoms with Crippen LogP contribution in [0.5, 0.6) is 0 Å². The molecule has 2 N–H and O–H groups in total. The number of nitrogens with one attached hydrogen (secondary N) is 2. The SMILES string of the molecule is CNC(=O)CNC(=O)c1cn(-c2ccccc2)nc1-c1ccc(F)cc1. The van der Waals surface area contributed by atoms with Gasteiger partial charge in [0.25, 0.3) is 5.91 Å². The van der Waals surface area contributed by atoms with Crippen LogP contribution >= 0.6 is 0 Å². The number of carbonyl (C=O) groups excluding carboxylic acids is 2. The predicted octanol–water partition coefficient (Wildman–Crippen LogP) is 2.15. The topological polar surface area (TPSA) is 76.0 Å². The largest absolute Gasteiger partial charge is 0.358 e. The molecule has 0 aliphatic heterocycles. The van der Waals surface area contributed by atoms with Crippen molar-refractivity contribution in [1.82, 2.24) is 20.4 Å². The summed E-state index contributed by atoms with van der Waals surface area (Å²) in [6.07, 6.45) is 1.59. The lowest BCUT2D eigenvalue weighted by atomic mass is 10.1. The van der Waals surface area contributed by atoms with Crippen LogP contribution in [0.15, 0.2) is 60.8 Å². The van der Waals surface area contributed by atoms with Crippen LogP contribution < -0.4 is 10.6 Å². The second-order valence-corrected chi connectivity index (χ2v) is 5.53. The van der Waals surface area contributed by atoms with E-state index in [1.54, 1.807) is 23.0 Å². The normalized spacial score (nSPS) is 10.4. The second kappa shape index (κ2) is 7.60. The first-order valence-electron chi connectivity index (χ1n) is 7.98. The highest BCUT2D eigenvalue weighted by Gasteiger charge is 2.19. The molecule has 0 unspecified atom stereocenters. The average molecular weight is 352 g/mol. The van der Waals surface area contributed by atoms with Crippen molar-refractivity contribution in [2.75, 3.05) is 13.6 Å². The first-order valence-corrected chi connectivity index (χ1v) is 7.98. The van der Waals surface area contributed by atoms with Gasteiger partial charge in [0.2, 0.25) is 5.91 Å². The molecule has 0 bridgehead atoms. The van der Waals surface area contributed by atoms with E-state index in [9.17, 15) is 14.0 Å². The minimum absolute atomic E-state index is 0.144. The number of nitrogens with zero attached hydrogens (tertiary/aromatic N) is 2. The fraction of sp³-hybridized carbons (Fsp3) is 0.105. The zero-order valence-corrected chi connectivity index (χ0v) is 14.1. The fourth-order valence-corrected chi connectivity index (χ4v) is 2.42. The number of aromatic nitrogens is 2. The first kappa shape index (κ1) is 17.3. The fourth-order valence-electron chi connectivity index (χ4n) is 2.42. The highest BCUT2D eigenvalue weighted by atomic mass is 19.1. The third-order valence-electron chi connectivity index (χ3n) is 3.79. The van der Waals surface area contributed by atoms with Crippen molar-refractivity contribution in [2.24, 2.45) is 0 Å². The molecule has 0 saturated carbocycles. The van der Waals surface area contributed by atoms with E-state index in [1.807, 2.05) is 30.3 Å². The van der Waals surface area contributed by atoms with Gasteiger partial charge in [0.05, 0.1) is 17.8 Å². The van der Waals surface area contributed by atoms with Crippen LogP contribution in [0.2, 0.25) is 0 Å². The maximum atomic E-state index is 13.2. The van der Waals surface area contributed by atoms with Gasteiger partial charge in [0, 0.05) is 18.8 Å². The van der Waals surface area contributed by atoms with Gasteiger partial charge in [-0.2, -0.15) is 5.10 Å². The standard InChI is InChI=1S/C19H17FN4O2/c1-21-17(25)11-22-19(26)16-12-24(15-5-3-2-4-6-15)23-18(16)13-7-9-14(20)10-8-13/h2-10,12H,11H2,1H3,(H,21,25)(H,22,26). The molecule has 7 heteroatoms. The minimum Gasteiger partial charge on any atom is -0.358 e. The smallest absolute Gasteiger partial charge is 0.255 e. The molecule has 0 spiro atoms. The first-order chi connectivity index (χ1) is 12.6. The number of hydrogen-bond donors (Lipinski definition) is 2. The second-order valence-electron chi connectivity index (χ2n) is 5.53. The number of para-hydroxylation sites is 1. The summed E-state index contributed by atoms with van der Waals surface area (Å²) in [6, 6.07) is 15.0. The lowest BCUT2D eigenvalue weighted by Gasteiger charge is -2.04. The number of halogens is 1. The molecular formula is C19H17FN4O2. The van der Waals surface area contributed by atoms with E-state index in [0.29, 0.717) is 16.8 Å². The summed E-state index contributed by atoms with van der Waals surface area (Å²) in [5, 5.41) is 9.48. The summed E-state index contributed by atoms with van der Waals surface area (Å²) in [4.78, 5) is 23.9. The van der Waals surface area contributed by atoms with Crippen molar-refractivity contribution in [3.8, 4) is 16.9 Å². The lowest BCUT2D eigenvalue weighted by Crippen LogP contribution is -2.35. The van der Waals surface area contributed by atoms with E-state index in [1.165, 1.54) is 19.2 Å². The van der Waals surface area contributed by atoms with Crippen LogP contribution in [0, 0.1) is 5.82 Å². The molecule has 1 heterocycles. The molecule has 0 aliphatic rings. The Balaban J connectivity index is 2.00. The number of hydrogen-bond acceptors (Lipinski definition) is 3. The third-order valence-corrected chi connectivity index (χ3v) is 3.79. The number of rotatable bonds is 5. The highest BCUT2D eigenvalue weighted by molar-refractivity contribution is 6.01. The Labute approximate surface area is 149 Å². The van der Waals surface area contributed by atoms with Crippen molar-refractivity contribution >= 4 is 11.8 Å². The number of benzene rings is 2. The van der Waals surface area contributed by atoms with Gasteiger partial charge < -0.3 is 10.6 Å². The van der Waals surface area contributed by atoms with E-state index < -0.39 is 5.91 Å². The summed E-state index contributed by atoms with van der Waals surface area (Å²) in [7, 11) is 1.49. The molecule has 0 saturated heterocycles. The van der Waals surface area contributed by atoms with Crippen LogP contribution in [-0.2, 0) is 4.79 Å². The summed E-state index contributed by atoms with van der Waals surface area (Å²) < 4.78 is 14.8. The quantitative estimate of drug-likeness (QED) is 0.739. The van der Waals surface area contributed by atoms with Crippen molar-refractivity contribution in [3.05, 3.63) is 72.2 Å². The molecule has 2 amide bonds. The number of amides is 2.